The summed E-state index contributed by atoms with van der Waals surface area (Å²) in [6.45, 7) is 6.83. The SMILES string of the molecule is CCNCc1cc(-c2ccnn2CC)ccc1OC. The Labute approximate surface area is 114 Å². The molecule has 0 fully saturated rings. The van der Waals surface area contributed by atoms with Crippen molar-refractivity contribution in [3.63, 3.8) is 0 Å². The Morgan fingerprint density at radius 3 is 2.79 bits per heavy atom. The lowest BCUT2D eigenvalue weighted by Gasteiger charge is -2.12. The first-order chi connectivity index (χ1) is 9.30. The third-order valence-corrected chi connectivity index (χ3v) is 3.16. The molecule has 1 heterocycles. The Morgan fingerprint density at radius 2 is 2.11 bits per heavy atom. The van der Waals surface area contributed by atoms with E-state index in [1.54, 1.807) is 7.11 Å². The van der Waals surface area contributed by atoms with Gasteiger partial charge in [-0.1, -0.05) is 6.92 Å². The number of hydrogen-bond acceptors (Lipinski definition) is 3. The molecule has 19 heavy (non-hydrogen) atoms. The summed E-state index contributed by atoms with van der Waals surface area (Å²) in [5.41, 5.74) is 3.49. The molecule has 0 amide bonds. The van der Waals surface area contributed by atoms with Gasteiger partial charge in [-0.15, -0.1) is 0 Å². The number of rotatable bonds is 6. The number of nitrogens with one attached hydrogen (secondary N) is 1. The summed E-state index contributed by atoms with van der Waals surface area (Å²) in [7, 11) is 1.71. The van der Waals surface area contributed by atoms with E-state index in [0.717, 1.165) is 31.1 Å². The van der Waals surface area contributed by atoms with E-state index in [0.29, 0.717) is 0 Å². The summed E-state index contributed by atoms with van der Waals surface area (Å²) in [5, 5.41) is 7.65. The number of aryl methyl sites for hydroxylation is 1. The van der Waals surface area contributed by atoms with E-state index in [1.165, 1.54) is 11.1 Å². The van der Waals surface area contributed by atoms with Crippen LogP contribution in [-0.4, -0.2) is 23.4 Å². The minimum Gasteiger partial charge on any atom is -0.496 e. The van der Waals surface area contributed by atoms with E-state index in [-0.39, 0.29) is 0 Å². The highest BCUT2D eigenvalue weighted by Gasteiger charge is 2.08. The van der Waals surface area contributed by atoms with Crippen LogP contribution in [0.3, 0.4) is 0 Å². The van der Waals surface area contributed by atoms with Crippen LogP contribution in [0.4, 0.5) is 0 Å². The highest BCUT2D eigenvalue weighted by Crippen LogP contribution is 2.26. The fourth-order valence-corrected chi connectivity index (χ4v) is 2.17. The summed E-state index contributed by atoms with van der Waals surface area (Å²) in [4.78, 5) is 0. The Hall–Kier alpha value is -1.81. The zero-order chi connectivity index (χ0) is 13.7. The predicted molar refractivity (Wildman–Crippen MR) is 77.3 cm³/mol. The molecule has 0 saturated carbocycles. The van der Waals surface area contributed by atoms with E-state index in [9.17, 15) is 0 Å². The first-order valence-corrected chi connectivity index (χ1v) is 6.70. The van der Waals surface area contributed by atoms with Crippen LogP contribution in [0.5, 0.6) is 5.75 Å². The van der Waals surface area contributed by atoms with Crippen molar-refractivity contribution in [2.75, 3.05) is 13.7 Å². The van der Waals surface area contributed by atoms with Gasteiger partial charge in [0.05, 0.1) is 12.8 Å². The summed E-state index contributed by atoms with van der Waals surface area (Å²) in [6, 6.07) is 8.32. The minimum atomic E-state index is 0.813. The van der Waals surface area contributed by atoms with Crippen LogP contribution >= 0.6 is 0 Å². The van der Waals surface area contributed by atoms with Crippen molar-refractivity contribution in [2.24, 2.45) is 0 Å². The standard InChI is InChI=1S/C15H21N3O/c1-4-16-11-13-10-12(6-7-15(13)19-3)14-8-9-17-18(14)5-2/h6-10,16H,4-5,11H2,1-3H3. The quantitative estimate of drug-likeness (QED) is 0.867. The molecule has 2 rings (SSSR count). The molecule has 1 aromatic carbocycles. The average Bonchev–Trinajstić information content (AvgIpc) is 2.93. The predicted octanol–water partition coefficient (Wildman–Crippen LogP) is 2.69. The molecule has 0 unspecified atom stereocenters. The zero-order valence-corrected chi connectivity index (χ0v) is 11.8. The lowest BCUT2D eigenvalue weighted by molar-refractivity contribution is 0.408. The first kappa shape index (κ1) is 13.6. The van der Waals surface area contributed by atoms with Crippen LogP contribution in [0.15, 0.2) is 30.5 Å². The Morgan fingerprint density at radius 1 is 1.26 bits per heavy atom. The average molecular weight is 259 g/mol. The highest BCUT2D eigenvalue weighted by molar-refractivity contribution is 5.62. The van der Waals surface area contributed by atoms with Crippen LogP contribution in [0.2, 0.25) is 0 Å². The molecule has 0 atom stereocenters. The molecule has 0 aliphatic carbocycles. The summed E-state index contributed by atoms with van der Waals surface area (Å²) in [6.07, 6.45) is 1.84. The number of methoxy groups -OCH3 is 1. The highest BCUT2D eigenvalue weighted by atomic mass is 16.5. The summed E-state index contributed by atoms with van der Waals surface area (Å²) < 4.78 is 7.41. The lowest BCUT2D eigenvalue weighted by Crippen LogP contribution is -2.12. The molecule has 0 aliphatic heterocycles. The maximum Gasteiger partial charge on any atom is 0.123 e. The van der Waals surface area contributed by atoms with Gasteiger partial charge in [-0.3, -0.25) is 4.68 Å². The number of nitrogens with zero attached hydrogens (tertiary/aromatic N) is 2. The van der Waals surface area contributed by atoms with E-state index in [1.807, 2.05) is 23.0 Å². The van der Waals surface area contributed by atoms with Gasteiger partial charge in [-0.05, 0) is 37.7 Å². The summed E-state index contributed by atoms with van der Waals surface area (Å²) in [5.74, 6) is 0.923. The number of ether oxygens (including phenoxy) is 1. The van der Waals surface area contributed by atoms with E-state index >= 15 is 0 Å². The molecule has 0 aliphatic rings. The van der Waals surface area contributed by atoms with Gasteiger partial charge in [0.2, 0.25) is 0 Å². The maximum absolute atomic E-state index is 5.41. The topological polar surface area (TPSA) is 39.1 Å². The van der Waals surface area contributed by atoms with Crippen molar-refractivity contribution in [1.29, 1.82) is 0 Å². The minimum absolute atomic E-state index is 0.813. The molecule has 2 aromatic rings. The van der Waals surface area contributed by atoms with Gasteiger partial charge in [0.1, 0.15) is 5.75 Å². The van der Waals surface area contributed by atoms with Crippen LogP contribution < -0.4 is 10.1 Å². The maximum atomic E-state index is 5.41. The van der Waals surface area contributed by atoms with Gasteiger partial charge in [0.15, 0.2) is 0 Å². The van der Waals surface area contributed by atoms with Crippen molar-refractivity contribution in [3.05, 3.63) is 36.0 Å². The first-order valence-electron chi connectivity index (χ1n) is 6.70. The van der Waals surface area contributed by atoms with Gasteiger partial charge in [-0.25, -0.2) is 0 Å². The summed E-state index contributed by atoms with van der Waals surface area (Å²) >= 11 is 0. The van der Waals surface area contributed by atoms with E-state index in [2.05, 4.69) is 36.4 Å². The van der Waals surface area contributed by atoms with E-state index in [4.69, 9.17) is 4.74 Å². The van der Waals surface area contributed by atoms with Crippen LogP contribution in [0.1, 0.15) is 19.4 Å². The molecule has 0 bridgehead atoms. The second kappa shape index (κ2) is 6.38. The molecule has 0 saturated heterocycles. The molecule has 1 N–H and O–H groups in total. The molecular weight excluding hydrogens is 238 g/mol. The lowest BCUT2D eigenvalue weighted by atomic mass is 10.1. The normalized spacial score (nSPS) is 10.7. The largest absolute Gasteiger partial charge is 0.496 e. The monoisotopic (exact) mass is 259 g/mol. The number of hydrogen-bond donors (Lipinski definition) is 1. The number of benzene rings is 1. The second-order valence-corrected chi connectivity index (χ2v) is 4.34. The molecule has 102 valence electrons. The second-order valence-electron chi connectivity index (χ2n) is 4.34. The van der Waals surface area contributed by atoms with Crippen molar-refractivity contribution in [3.8, 4) is 17.0 Å². The molecular formula is C15H21N3O. The van der Waals surface area contributed by atoms with Crippen molar-refractivity contribution in [1.82, 2.24) is 15.1 Å². The Kier molecular flexibility index (Phi) is 4.58. The van der Waals surface area contributed by atoms with Gasteiger partial charge < -0.3 is 10.1 Å². The van der Waals surface area contributed by atoms with Crippen LogP contribution in [-0.2, 0) is 13.1 Å². The molecule has 0 radical (unpaired) electrons. The Balaban J connectivity index is 2.36. The van der Waals surface area contributed by atoms with Crippen molar-refractivity contribution >= 4 is 0 Å². The van der Waals surface area contributed by atoms with Gasteiger partial charge >= 0.3 is 0 Å². The van der Waals surface area contributed by atoms with Gasteiger partial charge in [0, 0.05) is 30.4 Å². The fourth-order valence-electron chi connectivity index (χ4n) is 2.17. The van der Waals surface area contributed by atoms with Gasteiger partial charge in [-0.2, -0.15) is 5.10 Å². The molecule has 1 aromatic heterocycles. The number of aromatic nitrogens is 2. The molecule has 4 nitrogen and oxygen atoms in total. The zero-order valence-electron chi connectivity index (χ0n) is 11.8. The third-order valence-electron chi connectivity index (χ3n) is 3.16. The van der Waals surface area contributed by atoms with Crippen LogP contribution in [0, 0.1) is 0 Å². The van der Waals surface area contributed by atoms with E-state index < -0.39 is 0 Å². The Bertz CT molecular complexity index is 534. The fraction of sp³-hybridized carbons (Fsp3) is 0.400. The van der Waals surface area contributed by atoms with Crippen molar-refractivity contribution < 1.29 is 4.74 Å². The molecule has 4 heteroatoms. The van der Waals surface area contributed by atoms with Crippen molar-refractivity contribution in [2.45, 2.75) is 26.9 Å². The van der Waals surface area contributed by atoms with Crippen LogP contribution in [0.25, 0.3) is 11.3 Å². The smallest absolute Gasteiger partial charge is 0.123 e. The van der Waals surface area contributed by atoms with Gasteiger partial charge in [0.25, 0.3) is 0 Å². The molecule has 0 spiro atoms. The third kappa shape index (κ3) is 2.96.